The predicted molar refractivity (Wildman–Crippen MR) is 60.5 cm³/mol. The molecule has 0 rings (SSSR count). The molecule has 13 heavy (non-hydrogen) atoms. The van der Waals surface area contributed by atoms with Crippen LogP contribution in [0.4, 0.5) is 0 Å². The summed E-state index contributed by atoms with van der Waals surface area (Å²) in [6.07, 6.45) is 5.67. The van der Waals surface area contributed by atoms with Gasteiger partial charge >= 0.3 is 0 Å². The predicted octanol–water partition coefficient (Wildman–Crippen LogP) is 3.19. The lowest BCUT2D eigenvalue weighted by molar-refractivity contribution is 0.843. The highest BCUT2D eigenvalue weighted by Crippen LogP contribution is 2.07. The quantitative estimate of drug-likeness (QED) is 0.636. The van der Waals surface area contributed by atoms with Gasteiger partial charge in [-0.05, 0) is 31.9 Å². The van der Waals surface area contributed by atoms with Gasteiger partial charge in [-0.3, -0.25) is 0 Å². The zero-order valence-corrected chi connectivity index (χ0v) is 8.85. The molecule has 0 aromatic carbocycles. The van der Waals surface area contributed by atoms with Crippen molar-refractivity contribution in [3.8, 4) is 0 Å². The average Bonchev–Trinajstić information content (AvgIpc) is 2.14. The van der Waals surface area contributed by atoms with Gasteiger partial charge in [0.1, 0.15) is 0 Å². The molecular weight excluding hydrogens is 158 g/mol. The minimum Gasteiger partial charge on any atom is -0.389 e. The molecule has 0 aliphatic carbocycles. The van der Waals surface area contributed by atoms with Crippen LogP contribution in [0.1, 0.15) is 20.8 Å². The van der Waals surface area contributed by atoms with Crippen LogP contribution in [-0.2, 0) is 0 Å². The van der Waals surface area contributed by atoms with Crippen molar-refractivity contribution in [2.45, 2.75) is 20.8 Å². The summed E-state index contributed by atoms with van der Waals surface area (Å²) in [7, 11) is 0. The Bertz CT molecular complexity index is 234. The van der Waals surface area contributed by atoms with Crippen LogP contribution in [0.15, 0.2) is 48.2 Å². The number of rotatable bonds is 5. The summed E-state index contributed by atoms with van der Waals surface area (Å²) in [5.41, 5.74) is 3.47. The molecule has 0 aromatic heterocycles. The Morgan fingerprint density at radius 2 is 1.77 bits per heavy atom. The molecule has 0 fully saturated rings. The van der Waals surface area contributed by atoms with Crippen molar-refractivity contribution in [1.29, 1.82) is 0 Å². The summed E-state index contributed by atoms with van der Waals surface area (Å²) in [6.45, 7) is 14.6. The third-order valence-electron chi connectivity index (χ3n) is 1.89. The number of nitrogens with one attached hydrogen (secondary N) is 1. The molecule has 0 heterocycles. The van der Waals surface area contributed by atoms with Crippen molar-refractivity contribution < 1.29 is 0 Å². The fraction of sp³-hybridized carbons (Fsp3) is 0.333. The first-order chi connectivity index (χ1) is 6.15. The Kier molecular flexibility index (Phi) is 5.69. The van der Waals surface area contributed by atoms with Crippen LogP contribution in [0.3, 0.4) is 0 Å². The zero-order valence-electron chi connectivity index (χ0n) is 8.85. The van der Waals surface area contributed by atoms with E-state index in [1.165, 1.54) is 11.3 Å². The van der Waals surface area contributed by atoms with Crippen LogP contribution in [0.25, 0.3) is 0 Å². The van der Waals surface area contributed by atoms with E-state index in [0.29, 0.717) is 0 Å². The van der Waals surface area contributed by atoms with Crippen LogP contribution in [0.2, 0.25) is 0 Å². The van der Waals surface area contributed by atoms with Crippen molar-refractivity contribution in [3.05, 3.63) is 48.2 Å². The second-order valence-electron chi connectivity index (χ2n) is 2.89. The Labute approximate surface area is 81.5 Å². The van der Waals surface area contributed by atoms with Gasteiger partial charge in [0.15, 0.2) is 0 Å². The summed E-state index contributed by atoms with van der Waals surface area (Å²) < 4.78 is 0. The first kappa shape index (κ1) is 11.8. The molecule has 0 bridgehead atoms. The maximum atomic E-state index is 3.71. The molecule has 72 valence electrons. The van der Waals surface area contributed by atoms with Crippen molar-refractivity contribution >= 4 is 0 Å². The van der Waals surface area contributed by atoms with Gasteiger partial charge in [0, 0.05) is 12.2 Å². The fourth-order valence-electron chi connectivity index (χ4n) is 0.964. The van der Waals surface area contributed by atoms with Crippen molar-refractivity contribution in [1.82, 2.24) is 5.32 Å². The van der Waals surface area contributed by atoms with Crippen LogP contribution < -0.4 is 5.32 Å². The van der Waals surface area contributed by atoms with Gasteiger partial charge in [0.2, 0.25) is 0 Å². The molecule has 0 spiro atoms. The Balaban J connectivity index is 4.66. The highest BCUT2D eigenvalue weighted by atomic mass is 14.9. The molecule has 0 aromatic rings. The molecule has 0 saturated carbocycles. The Hall–Kier alpha value is -1.24. The van der Waals surface area contributed by atoms with E-state index in [4.69, 9.17) is 0 Å². The standard InChI is InChI=1S/C12H19N/c1-6-12(7-2)9-10(4)11(5)13-8-3/h6-7,9,13H,1-2,8H2,3-5H3/b11-10+. The van der Waals surface area contributed by atoms with E-state index in [0.717, 1.165) is 12.1 Å². The molecule has 0 atom stereocenters. The molecule has 0 saturated heterocycles. The second kappa shape index (κ2) is 6.30. The molecule has 0 aliphatic rings. The third kappa shape index (κ3) is 4.36. The summed E-state index contributed by atoms with van der Waals surface area (Å²) in [4.78, 5) is 0. The number of hydrogen-bond acceptors (Lipinski definition) is 1. The molecule has 1 nitrogen and oxygen atoms in total. The summed E-state index contributed by atoms with van der Waals surface area (Å²) in [5.74, 6) is 0. The SMILES string of the molecule is C=CC(C=C)=C/C(C)=C(\C)NCC. The second-order valence-corrected chi connectivity index (χ2v) is 2.89. The van der Waals surface area contributed by atoms with Gasteiger partial charge in [-0.25, -0.2) is 0 Å². The van der Waals surface area contributed by atoms with Gasteiger partial charge in [0.25, 0.3) is 0 Å². The van der Waals surface area contributed by atoms with Crippen LogP contribution in [0.5, 0.6) is 0 Å². The normalized spacial score (nSPS) is 11.3. The van der Waals surface area contributed by atoms with E-state index in [1.54, 1.807) is 12.2 Å². The van der Waals surface area contributed by atoms with Gasteiger partial charge in [-0.1, -0.05) is 31.4 Å². The van der Waals surface area contributed by atoms with Crippen LogP contribution >= 0.6 is 0 Å². The van der Waals surface area contributed by atoms with E-state index in [-0.39, 0.29) is 0 Å². The third-order valence-corrected chi connectivity index (χ3v) is 1.89. The first-order valence-corrected chi connectivity index (χ1v) is 4.53. The molecule has 1 N–H and O–H groups in total. The Morgan fingerprint density at radius 1 is 1.23 bits per heavy atom. The average molecular weight is 177 g/mol. The lowest BCUT2D eigenvalue weighted by Gasteiger charge is -2.05. The van der Waals surface area contributed by atoms with Crippen molar-refractivity contribution in [2.24, 2.45) is 0 Å². The molecule has 0 aliphatic heterocycles. The van der Waals surface area contributed by atoms with Gasteiger partial charge in [-0.2, -0.15) is 0 Å². The smallest absolute Gasteiger partial charge is 0.0115 e. The van der Waals surface area contributed by atoms with E-state index >= 15 is 0 Å². The molecule has 0 radical (unpaired) electrons. The largest absolute Gasteiger partial charge is 0.389 e. The topological polar surface area (TPSA) is 12.0 Å². The van der Waals surface area contributed by atoms with Crippen LogP contribution in [0, 0.1) is 0 Å². The van der Waals surface area contributed by atoms with Gasteiger partial charge in [-0.15, -0.1) is 0 Å². The summed E-state index contributed by atoms with van der Waals surface area (Å²) in [5, 5.41) is 3.27. The van der Waals surface area contributed by atoms with E-state index in [9.17, 15) is 0 Å². The maximum absolute atomic E-state index is 3.71. The van der Waals surface area contributed by atoms with Crippen molar-refractivity contribution in [2.75, 3.05) is 6.54 Å². The minimum atomic E-state index is 0.953. The molecule has 0 amide bonds. The van der Waals surface area contributed by atoms with Gasteiger partial charge in [0.05, 0.1) is 0 Å². The fourth-order valence-corrected chi connectivity index (χ4v) is 0.964. The summed E-state index contributed by atoms with van der Waals surface area (Å²) >= 11 is 0. The zero-order chi connectivity index (χ0) is 10.3. The molecule has 1 heteroatoms. The Morgan fingerprint density at radius 3 is 2.15 bits per heavy atom. The number of allylic oxidation sites excluding steroid dienone is 6. The van der Waals surface area contributed by atoms with E-state index in [1.807, 2.05) is 0 Å². The maximum Gasteiger partial charge on any atom is 0.0115 e. The molecular formula is C12H19N. The van der Waals surface area contributed by atoms with Crippen molar-refractivity contribution in [3.63, 3.8) is 0 Å². The highest BCUT2D eigenvalue weighted by molar-refractivity contribution is 5.36. The van der Waals surface area contributed by atoms with Crippen LogP contribution in [-0.4, -0.2) is 6.54 Å². The van der Waals surface area contributed by atoms with E-state index in [2.05, 4.69) is 45.3 Å². The number of hydrogen-bond donors (Lipinski definition) is 1. The highest BCUT2D eigenvalue weighted by Gasteiger charge is 1.92. The monoisotopic (exact) mass is 177 g/mol. The molecule has 0 unspecified atom stereocenters. The van der Waals surface area contributed by atoms with E-state index < -0.39 is 0 Å². The lowest BCUT2D eigenvalue weighted by atomic mass is 10.1. The lowest BCUT2D eigenvalue weighted by Crippen LogP contribution is -2.10. The van der Waals surface area contributed by atoms with Gasteiger partial charge < -0.3 is 5.32 Å². The summed E-state index contributed by atoms with van der Waals surface area (Å²) in [6, 6.07) is 0. The first-order valence-electron chi connectivity index (χ1n) is 4.53. The minimum absolute atomic E-state index is 0.953.